The zero-order valence-electron chi connectivity index (χ0n) is 12.6. The molecule has 0 amide bonds. The molecule has 0 spiro atoms. The average molecular weight is 288 g/mol. The van der Waals surface area contributed by atoms with Gasteiger partial charge in [-0.05, 0) is 57.3 Å². The minimum atomic E-state index is 0.276. The fraction of sp³-hybridized carbons (Fsp3) is 0.647. The van der Waals surface area contributed by atoms with E-state index in [4.69, 9.17) is 4.74 Å². The lowest BCUT2D eigenvalue weighted by atomic mass is 9.90. The number of ether oxygens (including phenoxy) is 1. The predicted molar refractivity (Wildman–Crippen MR) is 81.6 cm³/mol. The van der Waals surface area contributed by atoms with E-state index in [-0.39, 0.29) is 11.8 Å². The molecule has 2 saturated heterocycles. The molecule has 0 radical (unpaired) electrons. The van der Waals surface area contributed by atoms with Gasteiger partial charge in [-0.3, -0.25) is 0 Å². The van der Waals surface area contributed by atoms with E-state index in [1.807, 2.05) is 6.07 Å². The molecule has 2 fully saturated rings. The molecular formula is C17H24N2O2. The quantitative estimate of drug-likeness (QED) is 0.896. The Morgan fingerprint density at radius 1 is 1.29 bits per heavy atom. The van der Waals surface area contributed by atoms with Crippen LogP contribution in [0.15, 0.2) is 18.2 Å². The fourth-order valence-electron chi connectivity index (χ4n) is 4.37. The van der Waals surface area contributed by atoms with E-state index < -0.39 is 0 Å². The Balaban J connectivity index is 1.37. The standard InChI is InChI=1S/C17H24N2O2/c1-19-12-2-3-13(19)7-11(6-12)9-18-16-10-21-17-8-14(20)4-5-15(16)17/h4-5,8,11-13,16,18,20H,2-3,6-7,9-10H2,1H3. The van der Waals surface area contributed by atoms with Crippen LogP contribution in [0.4, 0.5) is 0 Å². The Bertz CT molecular complexity index is 520. The molecule has 3 aliphatic heterocycles. The number of aromatic hydroxyl groups is 1. The van der Waals surface area contributed by atoms with Gasteiger partial charge in [-0.2, -0.15) is 0 Å². The SMILES string of the molecule is CN1C2CCC1CC(CNC1COc3cc(O)ccc31)C2. The first-order chi connectivity index (χ1) is 10.2. The fourth-order valence-corrected chi connectivity index (χ4v) is 4.37. The summed E-state index contributed by atoms with van der Waals surface area (Å²) in [6, 6.07) is 7.33. The summed E-state index contributed by atoms with van der Waals surface area (Å²) in [6.07, 6.45) is 5.42. The topological polar surface area (TPSA) is 44.7 Å². The van der Waals surface area contributed by atoms with E-state index in [2.05, 4.69) is 17.3 Å². The van der Waals surface area contributed by atoms with Gasteiger partial charge in [-0.15, -0.1) is 0 Å². The highest BCUT2D eigenvalue weighted by Crippen LogP contribution is 2.38. The number of phenolic OH excluding ortho intramolecular Hbond substituents is 1. The summed E-state index contributed by atoms with van der Waals surface area (Å²) in [6.45, 7) is 1.76. The third kappa shape index (κ3) is 2.40. The number of piperidine rings is 1. The van der Waals surface area contributed by atoms with Crippen LogP contribution in [0.5, 0.6) is 11.5 Å². The number of phenols is 1. The Hall–Kier alpha value is -1.26. The van der Waals surface area contributed by atoms with Crippen molar-refractivity contribution in [1.82, 2.24) is 10.2 Å². The predicted octanol–water partition coefficient (Wildman–Crippen LogP) is 2.29. The van der Waals surface area contributed by atoms with E-state index in [0.717, 1.165) is 30.3 Å². The summed E-state index contributed by atoms with van der Waals surface area (Å²) in [5.74, 6) is 1.90. The average Bonchev–Trinajstić information content (AvgIpc) is 2.93. The van der Waals surface area contributed by atoms with Gasteiger partial charge >= 0.3 is 0 Å². The van der Waals surface area contributed by atoms with Crippen molar-refractivity contribution in [2.75, 3.05) is 20.2 Å². The maximum atomic E-state index is 9.50. The molecule has 3 unspecified atom stereocenters. The normalized spacial score (nSPS) is 34.7. The van der Waals surface area contributed by atoms with Crippen molar-refractivity contribution >= 4 is 0 Å². The molecule has 3 heterocycles. The van der Waals surface area contributed by atoms with Crippen molar-refractivity contribution in [1.29, 1.82) is 0 Å². The van der Waals surface area contributed by atoms with Crippen LogP contribution in [0.3, 0.4) is 0 Å². The molecule has 0 aliphatic carbocycles. The second-order valence-corrected chi connectivity index (χ2v) is 6.88. The molecule has 4 nitrogen and oxygen atoms in total. The van der Waals surface area contributed by atoms with Crippen LogP contribution in [0.25, 0.3) is 0 Å². The maximum Gasteiger partial charge on any atom is 0.127 e. The molecule has 3 aliphatic rings. The van der Waals surface area contributed by atoms with Crippen molar-refractivity contribution in [3.63, 3.8) is 0 Å². The first-order valence-corrected chi connectivity index (χ1v) is 8.11. The number of rotatable bonds is 3. The number of benzene rings is 1. The van der Waals surface area contributed by atoms with Gasteiger partial charge in [0.2, 0.25) is 0 Å². The third-order valence-corrected chi connectivity index (χ3v) is 5.63. The van der Waals surface area contributed by atoms with Crippen molar-refractivity contribution in [3.05, 3.63) is 23.8 Å². The smallest absolute Gasteiger partial charge is 0.127 e. The molecule has 0 saturated carbocycles. The van der Waals surface area contributed by atoms with Gasteiger partial charge in [0, 0.05) is 23.7 Å². The lowest BCUT2D eigenvalue weighted by Crippen LogP contribution is -2.43. The second kappa shape index (κ2) is 5.18. The van der Waals surface area contributed by atoms with Gasteiger partial charge in [-0.1, -0.05) is 0 Å². The first-order valence-electron chi connectivity index (χ1n) is 8.11. The van der Waals surface area contributed by atoms with Crippen LogP contribution in [-0.4, -0.2) is 42.3 Å². The van der Waals surface area contributed by atoms with Crippen LogP contribution >= 0.6 is 0 Å². The van der Waals surface area contributed by atoms with Gasteiger partial charge in [-0.25, -0.2) is 0 Å². The molecule has 4 rings (SSSR count). The first kappa shape index (κ1) is 13.4. The summed E-state index contributed by atoms with van der Waals surface area (Å²) >= 11 is 0. The van der Waals surface area contributed by atoms with E-state index in [1.165, 1.54) is 31.2 Å². The minimum absolute atomic E-state index is 0.276. The highest BCUT2D eigenvalue weighted by Gasteiger charge is 2.38. The molecule has 3 atom stereocenters. The number of fused-ring (bicyclic) bond motifs is 3. The summed E-state index contributed by atoms with van der Waals surface area (Å²) in [7, 11) is 2.29. The van der Waals surface area contributed by atoms with Gasteiger partial charge in [0.15, 0.2) is 0 Å². The van der Waals surface area contributed by atoms with Crippen molar-refractivity contribution in [2.24, 2.45) is 5.92 Å². The number of nitrogens with zero attached hydrogens (tertiary/aromatic N) is 1. The lowest BCUT2D eigenvalue weighted by Gasteiger charge is -2.36. The lowest BCUT2D eigenvalue weighted by molar-refractivity contribution is 0.130. The summed E-state index contributed by atoms with van der Waals surface area (Å²) < 4.78 is 5.67. The molecule has 114 valence electrons. The zero-order chi connectivity index (χ0) is 14.4. The minimum Gasteiger partial charge on any atom is -0.508 e. The second-order valence-electron chi connectivity index (χ2n) is 6.88. The molecule has 1 aromatic rings. The molecule has 0 aromatic heterocycles. The van der Waals surface area contributed by atoms with Gasteiger partial charge < -0.3 is 20.1 Å². The number of nitrogens with one attached hydrogen (secondary N) is 1. The van der Waals surface area contributed by atoms with Gasteiger partial charge in [0.05, 0.1) is 6.04 Å². The van der Waals surface area contributed by atoms with Crippen molar-refractivity contribution < 1.29 is 9.84 Å². The monoisotopic (exact) mass is 288 g/mol. The summed E-state index contributed by atoms with van der Waals surface area (Å²) in [5, 5.41) is 13.2. The zero-order valence-corrected chi connectivity index (χ0v) is 12.6. The van der Waals surface area contributed by atoms with Gasteiger partial charge in [0.25, 0.3) is 0 Å². The maximum absolute atomic E-state index is 9.50. The van der Waals surface area contributed by atoms with Crippen molar-refractivity contribution in [3.8, 4) is 11.5 Å². The molecule has 1 aromatic carbocycles. The third-order valence-electron chi connectivity index (χ3n) is 5.63. The Morgan fingerprint density at radius 2 is 2.05 bits per heavy atom. The molecule has 2 bridgehead atoms. The number of hydrogen-bond acceptors (Lipinski definition) is 4. The Kier molecular flexibility index (Phi) is 3.31. The van der Waals surface area contributed by atoms with Crippen LogP contribution in [0.1, 0.15) is 37.3 Å². The largest absolute Gasteiger partial charge is 0.508 e. The summed E-state index contributed by atoms with van der Waals surface area (Å²) in [5.41, 5.74) is 1.18. The van der Waals surface area contributed by atoms with Gasteiger partial charge in [0.1, 0.15) is 18.1 Å². The van der Waals surface area contributed by atoms with Crippen LogP contribution in [0.2, 0.25) is 0 Å². The van der Waals surface area contributed by atoms with Crippen molar-refractivity contribution in [2.45, 2.75) is 43.8 Å². The molecule has 2 N–H and O–H groups in total. The Morgan fingerprint density at radius 3 is 2.81 bits per heavy atom. The molecule has 21 heavy (non-hydrogen) atoms. The molecular weight excluding hydrogens is 264 g/mol. The highest BCUT2D eigenvalue weighted by atomic mass is 16.5. The highest BCUT2D eigenvalue weighted by molar-refractivity contribution is 5.44. The van der Waals surface area contributed by atoms with Crippen LogP contribution < -0.4 is 10.1 Å². The summed E-state index contributed by atoms with van der Waals surface area (Å²) in [4.78, 5) is 2.59. The van der Waals surface area contributed by atoms with E-state index >= 15 is 0 Å². The van der Waals surface area contributed by atoms with E-state index in [9.17, 15) is 5.11 Å². The van der Waals surface area contributed by atoms with Crippen LogP contribution in [0, 0.1) is 5.92 Å². The Labute approximate surface area is 126 Å². The van der Waals surface area contributed by atoms with E-state index in [1.54, 1.807) is 12.1 Å². The molecule has 4 heteroatoms. The van der Waals surface area contributed by atoms with E-state index in [0.29, 0.717) is 6.61 Å². The number of hydrogen-bond donors (Lipinski definition) is 2. The van der Waals surface area contributed by atoms with Crippen LogP contribution in [-0.2, 0) is 0 Å².